The molecule has 0 aliphatic heterocycles. The molecule has 2 heteroatoms. The summed E-state index contributed by atoms with van der Waals surface area (Å²) in [7, 11) is 0. The van der Waals surface area contributed by atoms with E-state index in [1.54, 1.807) is 5.56 Å². The van der Waals surface area contributed by atoms with Crippen LogP contribution in [0.2, 0.25) is 0 Å². The number of benzene rings is 1. The largest absolute Gasteiger partial charge is 0.393 e. The van der Waals surface area contributed by atoms with Gasteiger partial charge in [0, 0.05) is 10.8 Å². The highest BCUT2D eigenvalue weighted by Crippen LogP contribution is 2.87. The van der Waals surface area contributed by atoms with Gasteiger partial charge in [0.25, 0.3) is 0 Å². The Morgan fingerprint density at radius 3 is 2.50 bits per heavy atom. The van der Waals surface area contributed by atoms with E-state index in [0.717, 1.165) is 16.8 Å². The smallest absolute Gasteiger partial charge is 0.0790 e. The number of nitrogens with two attached hydrogens (primary N) is 1. The minimum absolute atomic E-state index is 0.136. The summed E-state index contributed by atoms with van der Waals surface area (Å²) in [5.41, 5.74) is 9.31. The zero-order valence-electron chi connectivity index (χ0n) is 13.6. The Kier molecular flexibility index (Phi) is 2.22. The molecule has 116 valence electrons. The van der Waals surface area contributed by atoms with Gasteiger partial charge in [0.15, 0.2) is 0 Å². The van der Waals surface area contributed by atoms with Crippen LogP contribution in [0.5, 0.6) is 0 Å². The van der Waals surface area contributed by atoms with E-state index in [-0.39, 0.29) is 5.41 Å². The molecule has 0 heterocycles. The lowest BCUT2D eigenvalue weighted by Gasteiger charge is -2.62. The maximum Gasteiger partial charge on any atom is 0.0790 e. The number of fused-ring (bicyclic) bond motifs is 2. The summed E-state index contributed by atoms with van der Waals surface area (Å²) in [6.45, 7) is 5.03. The average molecular weight is 311 g/mol. The fourth-order valence-electron chi connectivity index (χ4n) is 7.60. The zero-order chi connectivity index (χ0) is 15.4. The van der Waals surface area contributed by atoms with Gasteiger partial charge in [-0.15, -0.1) is 0 Å². The summed E-state index contributed by atoms with van der Waals surface area (Å²) in [6.07, 6.45) is 6.47. The molecule has 5 atom stereocenters. The number of hydrogen-bond donors (Lipinski definition) is 1. The Hall–Kier alpha value is -0.890. The molecule has 1 spiro atoms. The summed E-state index contributed by atoms with van der Waals surface area (Å²) in [5, 5.41) is 0. The van der Waals surface area contributed by atoms with E-state index in [0.29, 0.717) is 16.2 Å². The van der Waals surface area contributed by atoms with E-state index in [4.69, 9.17) is 18.0 Å². The van der Waals surface area contributed by atoms with Gasteiger partial charge in [-0.1, -0.05) is 56.4 Å². The lowest BCUT2D eigenvalue weighted by atomic mass is 9.42. The van der Waals surface area contributed by atoms with Crippen molar-refractivity contribution < 1.29 is 0 Å². The molecule has 5 rings (SSSR count). The fourth-order valence-corrected chi connectivity index (χ4v) is 7.82. The normalized spacial score (nSPS) is 49.7. The summed E-state index contributed by atoms with van der Waals surface area (Å²) >= 11 is 5.61. The van der Waals surface area contributed by atoms with Crippen molar-refractivity contribution in [2.75, 3.05) is 0 Å². The van der Waals surface area contributed by atoms with Crippen molar-refractivity contribution in [2.24, 2.45) is 33.8 Å². The van der Waals surface area contributed by atoms with Crippen molar-refractivity contribution in [3.8, 4) is 0 Å². The molecule has 0 amide bonds. The molecule has 5 unspecified atom stereocenters. The van der Waals surface area contributed by atoms with E-state index in [9.17, 15) is 0 Å². The highest BCUT2D eigenvalue weighted by molar-refractivity contribution is 7.80. The summed E-state index contributed by atoms with van der Waals surface area (Å²) in [5.74, 6) is 1.67. The maximum atomic E-state index is 6.33. The molecule has 22 heavy (non-hydrogen) atoms. The second-order valence-corrected chi connectivity index (χ2v) is 9.73. The monoisotopic (exact) mass is 311 g/mol. The predicted molar refractivity (Wildman–Crippen MR) is 93.6 cm³/mol. The van der Waals surface area contributed by atoms with Crippen LogP contribution in [0.1, 0.15) is 51.5 Å². The Balaban J connectivity index is 1.73. The van der Waals surface area contributed by atoms with Crippen molar-refractivity contribution in [1.29, 1.82) is 0 Å². The third-order valence-electron chi connectivity index (χ3n) is 8.51. The van der Waals surface area contributed by atoms with Crippen LogP contribution in [0.15, 0.2) is 30.3 Å². The lowest BCUT2D eigenvalue weighted by Crippen LogP contribution is -2.58. The summed E-state index contributed by atoms with van der Waals surface area (Å²) in [6, 6.07) is 11.3. The van der Waals surface area contributed by atoms with E-state index in [2.05, 4.69) is 44.2 Å². The molecule has 0 saturated heterocycles. The minimum Gasteiger partial charge on any atom is -0.393 e. The second-order valence-electron chi connectivity index (χ2n) is 9.29. The van der Waals surface area contributed by atoms with Gasteiger partial charge in [0.1, 0.15) is 0 Å². The molecule has 4 fully saturated rings. The molecule has 4 saturated carbocycles. The third kappa shape index (κ3) is 1.17. The van der Waals surface area contributed by atoms with Crippen LogP contribution in [-0.4, -0.2) is 4.99 Å². The van der Waals surface area contributed by atoms with Gasteiger partial charge < -0.3 is 5.73 Å². The van der Waals surface area contributed by atoms with Gasteiger partial charge in [-0.3, -0.25) is 0 Å². The Morgan fingerprint density at radius 2 is 1.82 bits per heavy atom. The molecule has 1 nitrogen and oxygen atoms in total. The maximum absolute atomic E-state index is 6.33. The first-order chi connectivity index (χ1) is 10.4. The van der Waals surface area contributed by atoms with Gasteiger partial charge in [-0.2, -0.15) is 0 Å². The molecule has 0 radical (unpaired) electrons. The van der Waals surface area contributed by atoms with Crippen LogP contribution >= 0.6 is 12.2 Å². The van der Waals surface area contributed by atoms with Crippen LogP contribution < -0.4 is 5.73 Å². The van der Waals surface area contributed by atoms with E-state index >= 15 is 0 Å². The van der Waals surface area contributed by atoms with Gasteiger partial charge in [-0.25, -0.2) is 0 Å². The van der Waals surface area contributed by atoms with Crippen molar-refractivity contribution >= 4 is 17.2 Å². The molecule has 3 bridgehead atoms. The van der Waals surface area contributed by atoms with Crippen LogP contribution in [0.3, 0.4) is 0 Å². The number of thiocarbonyl (C=S) groups is 1. The van der Waals surface area contributed by atoms with E-state index < -0.39 is 0 Å². The quantitative estimate of drug-likeness (QED) is 0.817. The Labute approximate surface area is 138 Å². The summed E-state index contributed by atoms with van der Waals surface area (Å²) < 4.78 is 0. The first kappa shape index (κ1) is 13.5. The van der Waals surface area contributed by atoms with Crippen LogP contribution in [0.4, 0.5) is 0 Å². The second kappa shape index (κ2) is 3.61. The molecule has 1 aromatic carbocycles. The lowest BCUT2D eigenvalue weighted by molar-refractivity contribution is -0.0735. The van der Waals surface area contributed by atoms with Gasteiger partial charge >= 0.3 is 0 Å². The van der Waals surface area contributed by atoms with Crippen molar-refractivity contribution in [2.45, 2.75) is 51.4 Å². The average Bonchev–Trinajstić information content (AvgIpc) is 2.72. The summed E-state index contributed by atoms with van der Waals surface area (Å²) in [4.78, 5) is 0.803. The first-order valence-electron chi connectivity index (χ1n) is 8.72. The molecule has 1 aromatic rings. The van der Waals surface area contributed by atoms with E-state index in [1.807, 2.05) is 0 Å². The molecule has 4 aliphatic carbocycles. The van der Waals surface area contributed by atoms with Crippen LogP contribution in [-0.2, 0) is 5.41 Å². The Morgan fingerprint density at radius 1 is 1.09 bits per heavy atom. The Bertz CT molecular complexity index is 680. The molecular weight excluding hydrogens is 286 g/mol. The zero-order valence-corrected chi connectivity index (χ0v) is 14.4. The highest BCUT2D eigenvalue weighted by Gasteiger charge is 2.82. The van der Waals surface area contributed by atoms with Crippen molar-refractivity contribution in [3.63, 3.8) is 0 Å². The first-order valence-corrected chi connectivity index (χ1v) is 9.13. The molecule has 0 aromatic heterocycles. The SMILES string of the molecule is CC1(C)C2CC3(C(N)=S)CC4(c5ccccc5)CC1C4(C2)C3. The van der Waals surface area contributed by atoms with Gasteiger partial charge in [0.2, 0.25) is 0 Å². The molecule has 4 aliphatic rings. The van der Waals surface area contributed by atoms with Crippen LogP contribution in [0, 0.1) is 28.1 Å². The predicted octanol–water partition coefficient (Wildman–Crippen LogP) is 4.45. The third-order valence-corrected chi connectivity index (χ3v) is 8.95. The molecular formula is C20H25NS. The fraction of sp³-hybridized carbons (Fsp3) is 0.650. The topological polar surface area (TPSA) is 26.0 Å². The number of hydrogen-bond acceptors (Lipinski definition) is 1. The van der Waals surface area contributed by atoms with Gasteiger partial charge in [0.05, 0.1) is 4.99 Å². The van der Waals surface area contributed by atoms with Crippen molar-refractivity contribution in [1.82, 2.24) is 0 Å². The number of rotatable bonds is 2. The van der Waals surface area contributed by atoms with Gasteiger partial charge in [-0.05, 0) is 60.3 Å². The van der Waals surface area contributed by atoms with E-state index in [1.165, 1.54) is 32.1 Å². The van der Waals surface area contributed by atoms with Crippen molar-refractivity contribution in [3.05, 3.63) is 35.9 Å². The molecule has 2 N–H and O–H groups in total. The highest BCUT2D eigenvalue weighted by atomic mass is 32.1. The standard InChI is InChI=1S/C20H25NS/c1-17(2)14-8-18(16(21)22)11-19(13-6-4-3-5-7-13)10-15(17)20(19,9-14)12-18/h3-7,14-15H,8-12H2,1-2H3,(H2,21,22). The minimum atomic E-state index is 0.136. The van der Waals surface area contributed by atoms with Crippen LogP contribution in [0.25, 0.3) is 0 Å².